The topological polar surface area (TPSA) is 60.8 Å². The molecule has 0 spiro atoms. The highest BCUT2D eigenvalue weighted by molar-refractivity contribution is 5.97. The lowest BCUT2D eigenvalue weighted by molar-refractivity contribution is 0.101. The van der Waals surface area contributed by atoms with Gasteiger partial charge >= 0.3 is 0 Å². The summed E-state index contributed by atoms with van der Waals surface area (Å²) in [4.78, 5) is 13.1. The molecule has 0 amide bonds. The first-order valence-electron chi connectivity index (χ1n) is 5.35. The Morgan fingerprint density at radius 1 is 1.50 bits per heavy atom. The highest BCUT2D eigenvalue weighted by Gasteiger charge is 2.21. The van der Waals surface area contributed by atoms with E-state index in [1.807, 2.05) is 4.90 Å². The molecule has 1 aromatic carbocycles. The van der Waals surface area contributed by atoms with Crippen molar-refractivity contribution >= 4 is 11.5 Å². The minimum absolute atomic E-state index is 0.00592. The maximum atomic E-state index is 11.1. The van der Waals surface area contributed by atoms with Crippen LogP contribution in [-0.4, -0.2) is 35.2 Å². The second-order valence-corrected chi connectivity index (χ2v) is 4.15. The quantitative estimate of drug-likeness (QED) is 0.736. The molecule has 4 heteroatoms. The average molecular weight is 221 g/mol. The second kappa shape index (κ2) is 4.14. The third-order valence-electron chi connectivity index (χ3n) is 2.89. The summed E-state index contributed by atoms with van der Waals surface area (Å²) in [6.45, 7) is 2.78. The van der Waals surface area contributed by atoms with Crippen LogP contribution in [0.1, 0.15) is 23.7 Å². The second-order valence-electron chi connectivity index (χ2n) is 4.15. The first kappa shape index (κ1) is 11.0. The van der Waals surface area contributed by atoms with Gasteiger partial charge in [0, 0.05) is 24.8 Å². The number of hydrogen-bond donors (Lipinski definition) is 2. The van der Waals surface area contributed by atoms with E-state index in [1.54, 1.807) is 18.2 Å². The van der Waals surface area contributed by atoms with Crippen LogP contribution in [-0.2, 0) is 0 Å². The first-order chi connectivity index (χ1) is 7.58. The Labute approximate surface area is 94.1 Å². The number of anilines is 1. The van der Waals surface area contributed by atoms with Crippen LogP contribution in [0.2, 0.25) is 0 Å². The van der Waals surface area contributed by atoms with E-state index in [2.05, 4.69) is 0 Å². The van der Waals surface area contributed by atoms with Gasteiger partial charge < -0.3 is 15.1 Å². The number of aliphatic hydroxyl groups excluding tert-OH is 1. The van der Waals surface area contributed by atoms with Gasteiger partial charge in [0.15, 0.2) is 5.78 Å². The average Bonchev–Trinajstić information content (AvgIpc) is 2.64. The molecule has 1 atom stereocenters. The minimum atomic E-state index is -0.297. The molecule has 86 valence electrons. The molecule has 1 unspecified atom stereocenters. The third-order valence-corrected chi connectivity index (χ3v) is 2.89. The molecular weight excluding hydrogens is 206 g/mol. The van der Waals surface area contributed by atoms with Gasteiger partial charge in [-0.1, -0.05) is 0 Å². The number of phenolic OH excluding ortho intramolecular Hbond substituents is 1. The number of Topliss-reactive ketones (excluding diaryl/α,β-unsaturated/α-hetero) is 1. The molecule has 0 radical (unpaired) electrons. The van der Waals surface area contributed by atoms with Crippen LogP contribution in [0.3, 0.4) is 0 Å². The van der Waals surface area contributed by atoms with Crippen molar-refractivity contribution in [3.8, 4) is 5.75 Å². The van der Waals surface area contributed by atoms with Gasteiger partial charge in [0.2, 0.25) is 0 Å². The number of aliphatic hydroxyl groups is 1. The van der Waals surface area contributed by atoms with Crippen molar-refractivity contribution in [3.05, 3.63) is 23.8 Å². The predicted octanol–water partition coefficient (Wildman–Crippen LogP) is 1.17. The van der Waals surface area contributed by atoms with Crippen LogP contribution in [0, 0.1) is 0 Å². The summed E-state index contributed by atoms with van der Waals surface area (Å²) in [7, 11) is 0. The number of benzene rings is 1. The monoisotopic (exact) mass is 221 g/mol. The lowest BCUT2D eigenvalue weighted by Gasteiger charge is -2.18. The van der Waals surface area contributed by atoms with E-state index < -0.39 is 0 Å². The van der Waals surface area contributed by atoms with E-state index in [9.17, 15) is 15.0 Å². The van der Waals surface area contributed by atoms with Gasteiger partial charge in [-0.15, -0.1) is 0 Å². The van der Waals surface area contributed by atoms with E-state index in [0.29, 0.717) is 12.1 Å². The molecule has 2 rings (SSSR count). The van der Waals surface area contributed by atoms with Gasteiger partial charge in [-0.05, 0) is 25.5 Å². The summed E-state index contributed by atoms with van der Waals surface area (Å²) in [6.07, 6.45) is 0.449. The smallest absolute Gasteiger partial charge is 0.163 e. The number of carbonyl (C=O) groups excluding carboxylic acids is 1. The Bertz CT molecular complexity index is 417. The number of ketones is 1. The van der Waals surface area contributed by atoms with Crippen LogP contribution in [0.4, 0.5) is 5.69 Å². The Kier molecular flexibility index (Phi) is 2.83. The van der Waals surface area contributed by atoms with E-state index in [1.165, 1.54) is 6.92 Å². The van der Waals surface area contributed by atoms with Crippen molar-refractivity contribution in [2.45, 2.75) is 19.4 Å². The molecule has 16 heavy (non-hydrogen) atoms. The molecular formula is C12H15NO3. The summed E-state index contributed by atoms with van der Waals surface area (Å²) in [5.41, 5.74) is 1.18. The normalized spacial score (nSPS) is 20.1. The number of rotatable bonds is 2. The van der Waals surface area contributed by atoms with Crippen molar-refractivity contribution in [3.63, 3.8) is 0 Å². The van der Waals surface area contributed by atoms with Crippen molar-refractivity contribution in [2.24, 2.45) is 0 Å². The summed E-state index contributed by atoms with van der Waals surface area (Å²) in [6, 6.07) is 5.00. The van der Waals surface area contributed by atoms with E-state index in [0.717, 1.165) is 18.7 Å². The largest absolute Gasteiger partial charge is 0.507 e. The fourth-order valence-electron chi connectivity index (χ4n) is 1.99. The predicted molar refractivity (Wildman–Crippen MR) is 60.9 cm³/mol. The van der Waals surface area contributed by atoms with Crippen molar-refractivity contribution < 1.29 is 15.0 Å². The lowest BCUT2D eigenvalue weighted by Crippen LogP contribution is -2.21. The Morgan fingerprint density at radius 3 is 2.75 bits per heavy atom. The zero-order valence-corrected chi connectivity index (χ0v) is 9.18. The number of nitrogens with zero attached hydrogens (tertiary/aromatic N) is 1. The summed E-state index contributed by atoms with van der Waals surface area (Å²) < 4.78 is 0. The summed E-state index contributed by atoms with van der Waals surface area (Å²) in [5, 5.41) is 19.1. The van der Waals surface area contributed by atoms with Crippen LogP contribution >= 0.6 is 0 Å². The Balaban J connectivity index is 2.24. The fraction of sp³-hybridized carbons (Fsp3) is 0.417. The molecule has 1 aliphatic heterocycles. The zero-order chi connectivity index (χ0) is 11.7. The SMILES string of the molecule is CC(=O)c1ccc(N2CCC(O)C2)cc1O. The van der Waals surface area contributed by atoms with Crippen LogP contribution in [0.25, 0.3) is 0 Å². The molecule has 0 aliphatic carbocycles. The summed E-state index contributed by atoms with van der Waals surface area (Å²) >= 11 is 0. The van der Waals surface area contributed by atoms with Gasteiger partial charge in [-0.2, -0.15) is 0 Å². The highest BCUT2D eigenvalue weighted by atomic mass is 16.3. The van der Waals surface area contributed by atoms with Gasteiger partial charge in [-0.25, -0.2) is 0 Å². The lowest BCUT2D eigenvalue weighted by atomic mass is 10.1. The highest BCUT2D eigenvalue weighted by Crippen LogP contribution is 2.27. The van der Waals surface area contributed by atoms with Crippen LogP contribution < -0.4 is 4.90 Å². The maximum Gasteiger partial charge on any atom is 0.163 e. The first-order valence-corrected chi connectivity index (χ1v) is 5.35. The molecule has 1 saturated heterocycles. The van der Waals surface area contributed by atoms with Crippen molar-refractivity contribution in [2.75, 3.05) is 18.0 Å². The molecule has 1 aliphatic rings. The Morgan fingerprint density at radius 2 is 2.25 bits per heavy atom. The summed E-state index contributed by atoms with van der Waals surface area (Å²) in [5.74, 6) is -0.142. The fourth-order valence-corrected chi connectivity index (χ4v) is 1.99. The van der Waals surface area contributed by atoms with E-state index >= 15 is 0 Å². The van der Waals surface area contributed by atoms with E-state index in [-0.39, 0.29) is 17.6 Å². The molecule has 0 saturated carbocycles. The number of phenols is 1. The number of aromatic hydroxyl groups is 1. The number of β-amino-alcohol motifs (C(OH)–C–C–N with tert-alkyl or cyclic N) is 1. The molecule has 4 nitrogen and oxygen atoms in total. The van der Waals surface area contributed by atoms with Gasteiger partial charge in [0.05, 0.1) is 11.7 Å². The third kappa shape index (κ3) is 2.02. The van der Waals surface area contributed by atoms with Crippen molar-refractivity contribution in [1.29, 1.82) is 0 Å². The molecule has 0 bridgehead atoms. The molecule has 1 fully saturated rings. The van der Waals surface area contributed by atoms with Crippen LogP contribution in [0.5, 0.6) is 5.75 Å². The Hall–Kier alpha value is -1.55. The molecule has 1 heterocycles. The van der Waals surface area contributed by atoms with Gasteiger partial charge in [0.1, 0.15) is 5.75 Å². The molecule has 1 aromatic rings. The molecule has 0 aromatic heterocycles. The number of hydrogen-bond acceptors (Lipinski definition) is 4. The molecule has 2 N–H and O–H groups in total. The van der Waals surface area contributed by atoms with Gasteiger partial charge in [-0.3, -0.25) is 4.79 Å². The van der Waals surface area contributed by atoms with Gasteiger partial charge in [0.25, 0.3) is 0 Å². The zero-order valence-electron chi connectivity index (χ0n) is 9.18. The minimum Gasteiger partial charge on any atom is -0.507 e. The standard InChI is InChI=1S/C12H15NO3/c1-8(14)11-3-2-9(6-12(11)16)13-5-4-10(15)7-13/h2-3,6,10,15-16H,4-5,7H2,1H3. The number of carbonyl (C=O) groups is 1. The van der Waals surface area contributed by atoms with Crippen LogP contribution in [0.15, 0.2) is 18.2 Å². The van der Waals surface area contributed by atoms with E-state index in [4.69, 9.17) is 0 Å². The maximum absolute atomic E-state index is 11.1. The van der Waals surface area contributed by atoms with Crippen molar-refractivity contribution in [1.82, 2.24) is 0 Å².